The van der Waals surface area contributed by atoms with Crippen molar-refractivity contribution < 1.29 is 18.3 Å². The maximum atomic E-state index is 13.1. The zero-order valence-electron chi connectivity index (χ0n) is 16.5. The Morgan fingerprint density at radius 3 is 2.27 bits per heavy atom. The molecule has 13 heteroatoms. The minimum absolute atomic E-state index is 0.0148. The molecular formula is C17H22N6O6S. The molecule has 1 N–H and O–H groups in total. The van der Waals surface area contributed by atoms with Gasteiger partial charge >= 0.3 is 0 Å². The van der Waals surface area contributed by atoms with Gasteiger partial charge in [0.15, 0.2) is 4.90 Å². The van der Waals surface area contributed by atoms with Crippen molar-refractivity contribution in [3.8, 4) is 0 Å². The second-order valence-electron chi connectivity index (χ2n) is 6.52. The molecule has 0 unspecified atom stereocenters. The fourth-order valence-electron chi connectivity index (χ4n) is 2.54. The highest BCUT2D eigenvalue weighted by atomic mass is 32.2. The van der Waals surface area contributed by atoms with Crippen molar-refractivity contribution in [1.29, 1.82) is 0 Å². The minimum Gasteiger partial charge on any atom is -0.369 e. The summed E-state index contributed by atoms with van der Waals surface area (Å²) in [4.78, 5) is 26.0. The summed E-state index contributed by atoms with van der Waals surface area (Å²) in [5.74, 6) is 0.344. The van der Waals surface area contributed by atoms with Crippen molar-refractivity contribution in [2.75, 3.05) is 45.6 Å². The van der Waals surface area contributed by atoms with Crippen LogP contribution in [0.2, 0.25) is 0 Å². The van der Waals surface area contributed by atoms with Crippen molar-refractivity contribution in [2.45, 2.75) is 4.90 Å². The smallest absolute Gasteiger partial charge is 0.289 e. The van der Waals surface area contributed by atoms with Crippen molar-refractivity contribution >= 4 is 27.2 Å². The van der Waals surface area contributed by atoms with E-state index in [1.54, 1.807) is 19.0 Å². The average Bonchev–Trinajstić information content (AvgIpc) is 2.70. The largest absolute Gasteiger partial charge is 0.369 e. The van der Waals surface area contributed by atoms with Crippen LogP contribution >= 0.6 is 0 Å². The summed E-state index contributed by atoms with van der Waals surface area (Å²) < 4.78 is 27.4. The summed E-state index contributed by atoms with van der Waals surface area (Å²) in [5, 5.41) is 24.9. The predicted molar refractivity (Wildman–Crippen MR) is 110 cm³/mol. The molecule has 0 amide bonds. The number of nitro groups is 2. The second kappa shape index (κ2) is 10.0. The Morgan fingerprint density at radius 1 is 1.00 bits per heavy atom. The summed E-state index contributed by atoms with van der Waals surface area (Å²) in [6.07, 6.45) is 1.09. The van der Waals surface area contributed by atoms with Gasteiger partial charge in [-0.3, -0.25) is 20.2 Å². The van der Waals surface area contributed by atoms with E-state index in [0.717, 1.165) is 16.6 Å². The number of nitrogens with zero attached hydrogens (tertiary/aromatic N) is 5. The predicted octanol–water partition coefficient (Wildman–Crippen LogP) is 1.56. The van der Waals surface area contributed by atoms with Crippen LogP contribution in [-0.2, 0) is 10.0 Å². The van der Waals surface area contributed by atoms with Crippen LogP contribution in [0, 0.1) is 20.2 Å². The standard InChI is InChI=1S/C17H22N6O6S/c1-20(2)11-12-21(10-9-18-17-8-7-14(13-19-17)22(24)25)30(28,29)16-6-4-3-5-15(16)23(26)27/h3-8,13H,9-12H2,1-2H3,(H,18,19). The van der Waals surface area contributed by atoms with Gasteiger partial charge < -0.3 is 10.2 Å². The maximum absolute atomic E-state index is 13.1. The molecule has 12 nitrogen and oxygen atoms in total. The Labute approximate surface area is 173 Å². The normalized spacial score (nSPS) is 11.6. The van der Waals surface area contributed by atoms with Crippen LogP contribution in [-0.4, -0.2) is 72.7 Å². The quantitative estimate of drug-likeness (QED) is 0.407. The van der Waals surface area contributed by atoms with E-state index in [9.17, 15) is 28.6 Å². The van der Waals surface area contributed by atoms with Crippen molar-refractivity contribution in [1.82, 2.24) is 14.2 Å². The van der Waals surface area contributed by atoms with Crippen LogP contribution < -0.4 is 5.32 Å². The number of hydrogen-bond donors (Lipinski definition) is 1. The van der Waals surface area contributed by atoms with Crippen LogP contribution in [0.4, 0.5) is 17.2 Å². The summed E-state index contributed by atoms with van der Waals surface area (Å²) >= 11 is 0. The van der Waals surface area contributed by atoms with E-state index in [1.165, 1.54) is 30.3 Å². The van der Waals surface area contributed by atoms with Crippen LogP contribution in [0.3, 0.4) is 0 Å². The maximum Gasteiger partial charge on any atom is 0.289 e. The first-order chi connectivity index (χ1) is 14.1. The molecular weight excluding hydrogens is 416 g/mol. The van der Waals surface area contributed by atoms with E-state index >= 15 is 0 Å². The van der Waals surface area contributed by atoms with Gasteiger partial charge in [0.05, 0.1) is 9.85 Å². The summed E-state index contributed by atoms with van der Waals surface area (Å²) in [6.45, 7) is 0.700. The van der Waals surface area contributed by atoms with Crippen LogP contribution in [0.15, 0.2) is 47.5 Å². The lowest BCUT2D eigenvalue weighted by molar-refractivity contribution is -0.387. The van der Waals surface area contributed by atoms with Gasteiger partial charge in [-0.05, 0) is 26.2 Å². The Balaban J connectivity index is 2.19. The van der Waals surface area contributed by atoms with Crippen molar-refractivity contribution in [3.05, 3.63) is 62.8 Å². The fourth-order valence-corrected chi connectivity index (χ4v) is 4.13. The topological polar surface area (TPSA) is 152 Å². The first-order valence-corrected chi connectivity index (χ1v) is 10.3. The highest BCUT2D eigenvalue weighted by Crippen LogP contribution is 2.26. The molecule has 1 aromatic heterocycles. The molecule has 162 valence electrons. The molecule has 0 radical (unpaired) electrons. The van der Waals surface area contributed by atoms with Gasteiger partial charge in [0.25, 0.3) is 11.4 Å². The number of nitrogens with one attached hydrogen (secondary N) is 1. The van der Waals surface area contributed by atoms with Crippen molar-refractivity contribution in [3.63, 3.8) is 0 Å². The van der Waals surface area contributed by atoms with Gasteiger partial charge in [-0.15, -0.1) is 0 Å². The molecule has 0 fully saturated rings. The van der Waals surface area contributed by atoms with Gasteiger partial charge in [-0.2, -0.15) is 4.31 Å². The van der Waals surface area contributed by atoms with Gasteiger partial charge in [-0.1, -0.05) is 12.1 Å². The number of anilines is 1. The van der Waals surface area contributed by atoms with Gasteiger partial charge in [0.2, 0.25) is 10.0 Å². The zero-order valence-corrected chi connectivity index (χ0v) is 17.3. The number of hydrogen-bond acceptors (Lipinski definition) is 9. The third-order valence-corrected chi connectivity index (χ3v) is 6.05. The number of sulfonamides is 1. The molecule has 0 saturated heterocycles. The number of rotatable bonds is 11. The Kier molecular flexibility index (Phi) is 7.74. The SMILES string of the molecule is CN(C)CCN(CCNc1ccc([N+](=O)[O-])cn1)S(=O)(=O)c1ccccc1[N+](=O)[O-]. The monoisotopic (exact) mass is 438 g/mol. The lowest BCUT2D eigenvalue weighted by atomic mass is 10.3. The molecule has 30 heavy (non-hydrogen) atoms. The fraction of sp³-hybridized carbons (Fsp3) is 0.353. The Bertz CT molecular complexity index is 996. The van der Waals surface area contributed by atoms with Crippen LogP contribution in [0.5, 0.6) is 0 Å². The molecule has 0 aliphatic rings. The van der Waals surface area contributed by atoms with Gasteiger partial charge in [0, 0.05) is 38.3 Å². The Hall–Kier alpha value is -3.16. The van der Waals surface area contributed by atoms with Gasteiger partial charge in [0.1, 0.15) is 12.0 Å². The summed E-state index contributed by atoms with van der Waals surface area (Å²) in [7, 11) is -0.556. The molecule has 0 spiro atoms. The second-order valence-corrected chi connectivity index (χ2v) is 8.42. The number of likely N-dealkylation sites (N-methyl/N-ethyl adjacent to an activating group) is 1. The first-order valence-electron chi connectivity index (χ1n) is 8.85. The molecule has 0 saturated carbocycles. The highest BCUT2D eigenvalue weighted by Gasteiger charge is 2.31. The molecule has 0 aliphatic heterocycles. The summed E-state index contributed by atoms with van der Waals surface area (Å²) in [6, 6.07) is 7.89. The van der Waals surface area contributed by atoms with E-state index in [4.69, 9.17) is 0 Å². The minimum atomic E-state index is -4.13. The van der Waals surface area contributed by atoms with E-state index in [-0.39, 0.29) is 30.2 Å². The number of para-hydroxylation sites is 1. The van der Waals surface area contributed by atoms with E-state index in [1.807, 2.05) is 0 Å². The highest BCUT2D eigenvalue weighted by molar-refractivity contribution is 7.89. The van der Waals surface area contributed by atoms with E-state index in [0.29, 0.717) is 12.4 Å². The van der Waals surface area contributed by atoms with Crippen LogP contribution in [0.1, 0.15) is 0 Å². The number of aromatic nitrogens is 1. The lowest BCUT2D eigenvalue weighted by Gasteiger charge is -2.24. The molecule has 1 aromatic carbocycles. The molecule has 2 aromatic rings. The summed E-state index contributed by atoms with van der Waals surface area (Å²) in [5.41, 5.74) is -0.649. The molecule has 0 aliphatic carbocycles. The van der Waals surface area contributed by atoms with Crippen LogP contribution in [0.25, 0.3) is 0 Å². The molecule has 2 rings (SSSR count). The molecule has 1 heterocycles. The lowest BCUT2D eigenvalue weighted by Crippen LogP contribution is -2.39. The number of pyridine rings is 1. The third-order valence-electron chi connectivity index (χ3n) is 4.10. The molecule has 0 bridgehead atoms. The average molecular weight is 438 g/mol. The Morgan fingerprint density at radius 2 is 1.70 bits per heavy atom. The molecule has 0 atom stereocenters. The third kappa shape index (κ3) is 5.92. The zero-order chi connectivity index (χ0) is 22.3. The number of nitro benzene ring substituents is 1. The van der Waals surface area contributed by atoms with E-state index in [2.05, 4.69) is 10.3 Å². The van der Waals surface area contributed by atoms with E-state index < -0.39 is 25.6 Å². The van der Waals surface area contributed by atoms with Crippen molar-refractivity contribution in [2.24, 2.45) is 0 Å². The van der Waals surface area contributed by atoms with Gasteiger partial charge in [-0.25, -0.2) is 13.4 Å². The first kappa shape index (κ1) is 23.1. The number of benzene rings is 1.